The third kappa shape index (κ3) is 43.8. The number of quaternary nitrogens is 1. The van der Waals surface area contributed by atoms with Gasteiger partial charge < -0.3 is 28.5 Å². The van der Waals surface area contributed by atoms with Crippen LogP contribution in [0.5, 0.6) is 0 Å². The molecule has 0 rings (SSSR count). The molecule has 0 saturated carbocycles. The molecule has 0 radical (unpaired) electrons. The van der Waals surface area contributed by atoms with Gasteiger partial charge in [0.2, 0.25) is 0 Å². The average molecular weight is 851 g/mol. The van der Waals surface area contributed by atoms with Crippen molar-refractivity contribution in [2.75, 3.05) is 47.5 Å². The van der Waals surface area contributed by atoms with Crippen LogP contribution in [0.2, 0.25) is 0 Å². The molecule has 0 aliphatic rings. The monoisotopic (exact) mass is 851 g/mol. The van der Waals surface area contributed by atoms with Gasteiger partial charge in [-0.3, -0.25) is 9.59 Å². The van der Waals surface area contributed by atoms with E-state index < -0.39 is 24.3 Å². The molecular formula is C51H96NO8+. The summed E-state index contributed by atoms with van der Waals surface area (Å²) in [5.41, 5.74) is 0. The molecule has 9 nitrogen and oxygen atoms in total. The van der Waals surface area contributed by atoms with Crippen LogP contribution in [0.15, 0.2) is 24.3 Å². The first kappa shape index (κ1) is 57.8. The number of carboxylic acid groups (broad SMARTS) is 1. The van der Waals surface area contributed by atoms with Crippen molar-refractivity contribution in [3.8, 4) is 0 Å². The Bertz CT molecular complexity index is 1040. The second-order valence-corrected chi connectivity index (χ2v) is 18.1. The van der Waals surface area contributed by atoms with Gasteiger partial charge in [0.05, 0.1) is 34.4 Å². The third-order valence-electron chi connectivity index (χ3n) is 11.0. The molecular weight excluding hydrogens is 755 g/mol. The minimum Gasteiger partial charge on any atom is -0.477 e. The molecule has 0 aromatic heterocycles. The van der Waals surface area contributed by atoms with Crippen molar-refractivity contribution in [3.63, 3.8) is 0 Å². The molecule has 2 atom stereocenters. The Morgan fingerprint density at radius 1 is 0.500 bits per heavy atom. The van der Waals surface area contributed by atoms with Gasteiger partial charge >= 0.3 is 17.9 Å². The number of unbranched alkanes of at least 4 members (excludes halogenated alkanes) is 27. The van der Waals surface area contributed by atoms with Crippen LogP contribution in [-0.4, -0.2) is 87.4 Å². The summed E-state index contributed by atoms with van der Waals surface area (Å²) in [6.45, 7) is 4.88. The van der Waals surface area contributed by atoms with Gasteiger partial charge in [-0.15, -0.1) is 0 Å². The highest BCUT2D eigenvalue weighted by molar-refractivity contribution is 5.71. The average Bonchev–Trinajstić information content (AvgIpc) is 3.21. The molecule has 0 aromatic carbocycles. The number of aliphatic carboxylic acids is 1. The second-order valence-electron chi connectivity index (χ2n) is 18.1. The maximum Gasteiger partial charge on any atom is 0.361 e. The summed E-state index contributed by atoms with van der Waals surface area (Å²) < 4.78 is 22.8. The van der Waals surface area contributed by atoms with Crippen molar-refractivity contribution in [3.05, 3.63) is 24.3 Å². The molecule has 0 aliphatic carbocycles. The van der Waals surface area contributed by atoms with Crippen molar-refractivity contribution >= 4 is 17.9 Å². The van der Waals surface area contributed by atoms with Gasteiger partial charge in [0.25, 0.3) is 6.29 Å². The number of esters is 2. The van der Waals surface area contributed by atoms with E-state index in [0.29, 0.717) is 17.4 Å². The summed E-state index contributed by atoms with van der Waals surface area (Å²) in [6, 6.07) is 0. The van der Waals surface area contributed by atoms with Crippen LogP contribution in [0.3, 0.4) is 0 Å². The molecule has 0 bridgehead atoms. The van der Waals surface area contributed by atoms with Crippen molar-refractivity contribution in [2.24, 2.45) is 0 Å². The van der Waals surface area contributed by atoms with Gasteiger partial charge in [0, 0.05) is 12.8 Å². The van der Waals surface area contributed by atoms with Crippen molar-refractivity contribution in [1.29, 1.82) is 0 Å². The predicted octanol–water partition coefficient (Wildman–Crippen LogP) is 13.6. The Labute approximate surface area is 369 Å². The first-order valence-corrected chi connectivity index (χ1v) is 25.0. The molecule has 0 spiro atoms. The van der Waals surface area contributed by atoms with Crippen molar-refractivity contribution in [1.82, 2.24) is 0 Å². The summed E-state index contributed by atoms with van der Waals surface area (Å²) >= 11 is 0. The number of rotatable bonds is 46. The highest BCUT2D eigenvalue weighted by Crippen LogP contribution is 2.15. The molecule has 352 valence electrons. The fourth-order valence-corrected chi connectivity index (χ4v) is 7.04. The highest BCUT2D eigenvalue weighted by Gasteiger charge is 2.25. The first-order valence-electron chi connectivity index (χ1n) is 25.0. The summed E-state index contributed by atoms with van der Waals surface area (Å²) in [5, 5.41) is 9.66. The Balaban J connectivity index is 4.34. The molecule has 0 saturated heterocycles. The van der Waals surface area contributed by atoms with E-state index in [1.54, 1.807) is 0 Å². The van der Waals surface area contributed by atoms with E-state index in [9.17, 15) is 19.5 Å². The smallest absolute Gasteiger partial charge is 0.361 e. The molecule has 0 amide bonds. The van der Waals surface area contributed by atoms with E-state index in [2.05, 4.69) is 38.2 Å². The molecule has 2 unspecified atom stereocenters. The number of hydrogen-bond acceptors (Lipinski definition) is 7. The molecule has 0 heterocycles. The van der Waals surface area contributed by atoms with Crippen molar-refractivity contribution < 1.29 is 42.9 Å². The molecule has 1 N–H and O–H groups in total. The zero-order valence-corrected chi connectivity index (χ0v) is 39.9. The van der Waals surface area contributed by atoms with Gasteiger partial charge in [-0.05, 0) is 44.9 Å². The van der Waals surface area contributed by atoms with E-state index in [1.165, 1.54) is 148 Å². The molecule has 0 aromatic rings. The lowest BCUT2D eigenvalue weighted by Gasteiger charge is -2.25. The van der Waals surface area contributed by atoms with E-state index in [1.807, 2.05) is 21.1 Å². The summed E-state index contributed by atoms with van der Waals surface area (Å²) in [4.78, 5) is 37.2. The molecule has 0 fully saturated rings. The van der Waals surface area contributed by atoms with Gasteiger partial charge in [0.15, 0.2) is 6.10 Å². The van der Waals surface area contributed by atoms with Crippen LogP contribution in [-0.2, 0) is 33.3 Å². The normalized spacial score (nSPS) is 13.0. The highest BCUT2D eigenvalue weighted by atomic mass is 16.7. The summed E-state index contributed by atoms with van der Waals surface area (Å²) in [7, 11) is 5.96. The van der Waals surface area contributed by atoms with Crippen LogP contribution >= 0.6 is 0 Å². The van der Waals surface area contributed by atoms with Gasteiger partial charge in [-0.25, -0.2) is 4.79 Å². The summed E-state index contributed by atoms with van der Waals surface area (Å²) in [6.07, 6.45) is 45.2. The van der Waals surface area contributed by atoms with E-state index >= 15 is 0 Å². The van der Waals surface area contributed by atoms with Crippen LogP contribution in [0.4, 0.5) is 0 Å². The lowest BCUT2D eigenvalue weighted by atomic mass is 10.0. The number of ether oxygens (including phenoxy) is 4. The van der Waals surface area contributed by atoms with Gasteiger partial charge in [-0.2, -0.15) is 0 Å². The number of carboxylic acids is 1. The number of likely N-dealkylation sites (N-methyl/N-ethyl adjacent to an activating group) is 1. The number of carbonyl (C=O) groups excluding carboxylic acids is 2. The molecule has 60 heavy (non-hydrogen) atoms. The predicted molar refractivity (Wildman–Crippen MR) is 249 cm³/mol. The maximum atomic E-state index is 12.8. The Kier molecular flexibility index (Phi) is 41.8. The number of allylic oxidation sites excluding steroid dienone is 4. The van der Waals surface area contributed by atoms with E-state index in [0.717, 1.165) is 51.4 Å². The lowest BCUT2D eigenvalue weighted by Crippen LogP contribution is -2.40. The van der Waals surface area contributed by atoms with Gasteiger partial charge in [-0.1, -0.05) is 192 Å². The topological polar surface area (TPSA) is 108 Å². The number of carbonyl (C=O) groups is 3. The first-order chi connectivity index (χ1) is 29.1. The standard InChI is InChI=1S/C51H95NO8/c1-6-8-10-12-14-16-18-20-22-23-24-25-26-27-28-30-32-34-36-38-40-42-49(54)60-47(46-59-51(50(55)56)57-44-43-52(3,4)5)45-58-48(53)41-39-37-35-33-31-29-21-19-17-15-13-11-9-7-2/h18,20,23-24,47,51H,6-17,19,21-22,25-46H2,1-5H3/p+1/b20-18-,24-23-. The third-order valence-corrected chi connectivity index (χ3v) is 11.0. The van der Waals surface area contributed by atoms with Crippen LogP contribution in [0.25, 0.3) is 0 Å². The van der Waals surface area contributed by atoms with Gasteiger partial charge in [0.1, 0.15) is 13.2 Å². The fraction of sp³-hybridized carbons (Fsp3) is 0.863. The number of nitrogens with zero attached hydrogens (tertiary/aromatic N) is 1. The molecule has 9 heteroatoms. The zero-order valence-electron chi connectivity index (χ0n) is 39.9. The quantitative estimate of drug-likeness (QED) is 0.0212. The maximum absolute atomic E-state index is 12.8. The Morgan fingerprint density at radius 2 is 0.900 bits per heavy atom. The SMILES string of the molecule is CCCCCCC/C=C\C/C=C\CCCCCCCCCCCC(=O)OC(COC(=O)CCCCCCCCCCCCCCCC)COC(OCC[N+](C)(C)C)C(=O)O. The minimum atomic E-state index is -1.51. The minimum absolute atomic E-state index is 0.179. The van der Waals surface area contributed by atoms with Crippen molar-refractivity contribution in [2.45, 2.75) is 238 Å². The lowest BCUT2D eigenvalue weighted by molar-refractivity contribution is -0.870. The largest absolute Gasteiger partial charge is 0.477 e. The second kappa shape index (κ2) is 43.4. The summed E-state index contributed by atoms with van der Waals surface area (Å²) in [5.74, 6) is -2.00. The van der Waals surface area contributed by atoms with E-state index in [-0.39, 0.29) is 32.2 Å². The fourth-order valence-electron chi connectivity index (χ4n) is 7.04. The van der Waals surface area contributed by atoms with Crippen LogP contribution < -0.4 is 0 Å². The zero-order chi connectivity index (χ0) is 44.2. The molecule has 0 aliphatic heterocycles. The Morgan fingerprint density at radius 3 is 1.32 bits per heavy atom. The van der Waals surface area contributed by atoms with Crippen LogP contribution in [0, 0.1) is 0 Å². The van der Waals surface area contributed by atoms with E-state index in [4.69, 9.17) is 18.9 Å². The Hall–Kier alpha value is -2.23. The van der Waals surface area contributed by atoms with Crippen LogP contribution in [0.1, 0.15) is 226 Å². The number of hydrogen-bond donors (Lipinski definition) is 1.